The van der Waals surface area contributed by atoms with Gasteiger partial charge in [0.2, 0.25) is 11.8 Å². The maximum absolute atomic E-state index is 14.3. The van der Waals surface area contributed by atoms with Crippen LogP contribution < -0.4 is 11.5 Å². The highest BCUT2D eigenvalue weighted by molar-refractivity contribution is 6.08. The van der Waals surface area contributed by atoms with E-state index < -0.39 is 11.8 Å². The summed E-state index contributed by atoms with van der Waals surface area (Å²) >= 11 is 0. The van der Waals surface area contributed by atoms with Gasteiger partial charge >= 0.3 is 0 Å². The molecular formula is C22H19FN2O2. The zero-order chi connectivity index (χ0) is 19.4. The summed E-state index contributed by atoms with van der Waals surface area (Å²) in [4.78, 5) is 23.7. The van der Waals surface area contributed by atoms with Crippen LogP contribution in [0.1, 0.15) is 31.8 Å². The minimum atomic E-state index is -0.678. The molecule has 5 heteroatoms. The fraction of sp³-hybridized carbons (Fsp3) is 0.0909. The van der Waals surface area contributed by atoms with E-state index in [-0.39, 0.29) is 16.9 Å². The van der Waals surface area contributed by atoms with Gasteiger partial charge in [-0.2, -0.15) is 0 Å². The van der Waals surface area contributed by atoms with Gasteiger partial charge in [-0.1, -0.05) is 42.5 Å². The topological polar surface area (TPSA) is 86.2 Å². The molecule has 4 N–H and O–H groups in total. The highest BCUT2D eigenvalue weighted by atomic mass is 19.1. The second kappa shape index (κ2) is 7.83. The van der Waals surface area contributed by atoms with E-state index in [9.17, 15) is 14.0 Å². The quantitative estimate of drug-likeness (QED) is 0.703. The largest absolute Gasteiger partial charge is 0.366 e. The molecular weight excluding hydrogens is 343 g/mol. The van der Waals surface area contributed by atoms with Crippen molar-refractivity contribution in [1.82, 2.24) is 0 Å². The molecule has 0 aliphatic rings. The van der Waals surface area contributed by atoms with Gasteiger partial charge in [0.15, 0.2) is 0 Å². The smallest absolute Gasteiger partial charge is 0.249 e. The van der Waals surface area contributed by atoms with Gasteiger partial charge in [-0.25, -0.2) is 4.39 Å². The van der Waals surface area contributed by atoms with Crippen LogP contribution in [0.25, 0.3) is 11.1 Å². The van der Waals surface area contributed by atoms with E-state index in [0.717, 1.165) is 5.56 Å². The third-order valence-electron chi connectivity index (χ3n) is 4.46. The number of amides is 2. The Kier molecular flexibility index (Phi) is 5.31. The van der Waals surface area contributed by atoms with Crippen LogP contribution >= 0.6 is 0 Å². The average Bonchev–Trinajstić information content (AvgIpc) is 2.67. The molecule has 3 rings (SSSR count). The van der Waals surface area contributed by atoms with Gasteiger partial charge < -0.3 is 11.5 Å². The fourth-order valence-corrected chi connectivity index (χ4v) is 3.12. The number of nitrogens with two attached hydrogens (primary N) is 2. The van der Waals surface area contributed by atoms with Crippen LogP contribution in [-0.4, -0.2) is 11.8 Å². The van der Waals surface area contributed by atoms with Crippen LogP contribution in [0.15, 0.2) is 66.7 Å². The molecule has 3 aromatic rings. The van der Waals surface area contributed by atoms with Gasteiger partial charge in [-0.15, -0.1) is 0 Å². The predicted octanol–water partition coefficient (Wildman–Crippen LogP) is 3.48. The van der Waals surface area contributed by atoms with Crippen LogP contribution in [0.4, 0.5) is 4.39 Å². The zero-order valence-corrected chi connectivity index (χ0v) is 14.6. The molecule has 136 valence electrons. The van der Waals surface area contributed by atoms with E-state index in [2.05, 4.69) is 0 Å². The van der Waals surface area contributed by atoms with Crippen LogP contribution in [0, 0.1) is 5.82 Å². The molecule has 0 atom stereocenters. The highest BCUT2D eigenvalue weighted by Crippen LogP contribution is 2.29. The average molecular weight is 362 g/mol. The summed E-state index contributed by atoms with van der Waals surface area (Å²) in [5, 5.41) is 0. The summed E-state index contributed by atoms with van der Waals surface area (Å²) in [6.07, 6.45) is 1.15. The molecule has 0 bridgehead atoms. The highest BCUT2D eigenvalue weighted by Gasteiger charge is 2.18. The Morgan fingerprint density at radius 1 is 0.778 bits per heavy atom. The summed E-state index contributed by atoms with van der Waals surface area (Å²) in [6.45, 7) is 0. The summed E-state index contributed by atoms with van der Waals surface area (Å²) in [5.41, 5.74) is 13.7. The van der Waals surface area contributed by atoms with E-state index in [4.69, 9.17) is 11.5 Å². The van der Waals surface area contributed by atoms with Crippen LogP contribution in [0.3, 0.4) is 0 Å². The number of carbonyl (C=O) groups excluding carboxylic acids is 2. The molecule has 2 amide bonds. The van der Waals surface area contributed by atoms with Crippen molar-refractivity contribution in [1.29, 1.82) is 0 Å². The number of hydrogen-bond acceptors (Lipinski definition) is 2. The Hall–Kier alpha value is -3.47. The zero-order valence-electron chi connectivity index (χ0n) is 14.6. The molecule has 3 aromatic carbocycles. The SMILES string of the molecule is NC(=O)c1cccc(C(N)=O)c1-c1ccc(F)c(CCc2ccccc2)c1. The molecule has 0 aliphatic carbocycles. The normalized spacial score (nSPS) is 10.6. The Labute approximate surface area is 156 Å². The van der Waals surface area contributed by atoms with Crippen molar-refractivity contribution in [2.24, 2.45) is 11.5 Å². The lowest BCUT2D eigenvalue weighted by Gasteiger charge is -2.13. The first kappa shape index (κ1) is 18.3. The summed E-state index contributed by atoms with van der Waals surface area (Å²) in [6, 6.07) is 18.9. The van der Waals surface area contributed by atoms with Gasteiger partial charge in [0.1, 0.15) is 5.82 Å². The van der Waals surface area contributed by atoms with Crippen LogP contribution in [-0.2, 0) is 12.8 Å². The lowest BCUT2D eigenvalue weighted by molar-refractivity contribution is 0.0999. The fourth-order valence-electron chi connectivity index (χ4n) is 3.12. The maximum Gasteiger partial charge on any atom is 0.249 e. The van der Waals surface area contributed by atoms with E-state index in [1.54, 1.807) is 12.1 Å². The summed E-state index contributed by atoms with van der Waals surface area (Å²) in [5.74, 6) is -1.70. The van der Waals surface area contributed by atoms with Gasteiger partial charge in [0.05, 0.1) is 0 Å². The first-order valence-corrected chi connectivity index (χ1v) is 8.52. The maximum atomic E-state index is 14.3. The number of carbonyl (C=O) groups is 2. The van der Waals surface area contributed by atoms with Crippen molar-refractivity contribution in [2.45, 2.75) is 12.8 Å². The monoisotopic (exact) mass is 362 g/mol. The summed E-state index contributed by atoms with van der Waals surface area (Å²) in [7, 11) is 0. The standard InChI is InChI=1S/C22H19FN2O2/c23-19-12-11-16(13-15(19)10-9-14-5-2-1-3-6-14)20-17(21(24)26)7-4-8-18(20)22(25)27/h1-8,11-13H,9-10H2,(H2,24,26)(H2,25,27). The molecule has 0 saturated heterocycles. The Morgan fingerprint density at radius 2 is 1.41 bits per heavy atom. The van der Waals surface area contributed by atoms with Crippen LogP contribution in [0.2, 0.25) is 0 Å². The van der Waals surface area contributed by atoms with Crippen molar-refractivity contribution in [2.75, 3.05) is 0 Å². The molecule has 0 fully saturated rings. The van der Waals surface area contributed by atoms with Gasteiger partial charge in [-0.3, -0.25) is 9.59 Å². The van der Waals surface area contributed by atoms with Crippen molar-refractivity contribution in [3.8, 4) is 11.1 Å². The second-order valence-corrected chi connectivity index (χ2v) is 6.25. The number of rotatable bonds is 6. The molecule has 0 spiro atoms. The molecule has 0 unspecified atom stereocenters. The molecule has 0 heterocycles. The van der Waals surface area contributed by atoms with Gasteiger partial charge in [0, 0.05) is 16.7 Å². The number of benzene rings is 3. The Bertz CT molecular complexity index is 968. The minimum absolute atomic E-state index is 0.173. The molecule has 0 saturated carbocycles. The summed E-state index contributed by atoms with van der Waals surface area (Å²) < 4.78 is 14.3. The number of halogens is 1. The predicted molar refractivity (Wildman–Crippen MR) is 103 cm³/mol. The van der Waals surface area contributed by atoms with Crippen molar-refractivity contribution in [3.05, 3.63) is 94.8 Å². The first-order valence-electron chi connectivity index (χ1n) is 8.52. The van der Waals surface area contributed by atoms with Gasteiger partial charge in [-0.05, 0) is 53.8 Å². The molecule has 27 heavy (non-hydrogen) atoms. The van der Waals surface area contributed by atoms with Gasteiger partial charge in [0.25, 0.3) is 0 Å². The molecule has 0 aliphatic heterocycles. The van der Waals surface area contributed by atoms with E-state index in [0.29, 0.717) is 29.5 Å². The Balaban J connectivity index is 2.03. The number of hydrogen-bond donors (Lipinski definition) is 2. The third-order valence-corrected chi connectivity index (χ3v) is 4.46. The van der Waals surface area contributed by atoms with Crippen LogP contribution in [0.5, 0.6) is 0 Å². The molecule has 0 aromatic heterocycles. The van der Waals surface area contributed by atoms with E-state index >= 15 is 0 Å². The Morgan fingerprint density at radius 3 is 2.00 bits per heavy atom. The molecule has 0 radical (unpaired) electrons. The van der Waals surface area contributed by atoms with E-state index in [1.807, 2.05) is 30.3 Å². The van der Waals surface area contributed by atoms with Crippen molar-refractivity contribution >= 4 is 11.8 Å². The second-order valence-electron chi connectivity index (χ2n) is 6.25. The molecule has 4 nitrogen and oxygen atoms in total. The van der Waals surface area contributed by atoms with E-state index in [1.165, 1.54) is 24.3 Å². The lowest BCUT2D eigenvalue weighted by Crippen LogP contribution is -2.18. The first-order chi connectivity index (χ1) is 13.0. The van der Waals surface area contributed by atoms with Crippen molar-refractivity contribution in [3.63, 3.8) is 0 Å². The van der Waals surface area contributed by atoms with Crippen molar-refractivity contribution < 1.29 is 14.0 Å². The number of aryl methyl sites for hydroxylation is 2. The lowest BCUT2D eigenvalue weighted by atomic mass is 9.91. The minimum Gasteiger partial charge on any atom is -0.366 e. The number of primary amides is 2. The third kappa shape index (κ3) is 4.03.